The molecular weight excluding hydrogens is 217 g/mol. The van der Waals surface area contributed by atoms with Crippen LogP contribution in [0.1, 0.15) is 12.0 Å². The predicted molar refractivity (Wildman–Crippen MR) is 66.4 cm³/mol. The first-order chi connectivity index (χ1) is 8.24. The van der Waals surface area contributed by atoms with Gasteiger partial charge < -0.3 is 19.7 Å². The van der Waals surface area contributed by atoms with Gasteiger partial charge in [0.2, 0.25) is 0 Å². The van der Waals surface area contributed by atoms with Crippen molar-refractivity contribution in [3.05, 3.63) is 23.8 Å². The number of hydrogen-bond acceptors (Lipinski definition) is 4. The monoisotopic (exact) mass is 233 g/mol. The van der Waals surface area contributed by atoms with E-state index in [4.69, 9.17) is 4.65 Å². The molecule has 0 aliphatic carbocycles. The number of aliphatic hydroxyl groups excluding tert-OH is 1. The van der Waals surface area contributed by atoms with Gasteiger partial charge in [-0.3, -0.25) is 0 Å². The van der Waals surface area contributed by atoms with Crippen LogP contribution in [0.15, 0.2) is 18.2 Å². The molecule has 17 heavy (non-hydrogen) atoms. The van der Waals surface area contributed by atoms with E-state index in [1.54, 1.807) is 0 Å². The summed E-state index contributed by atoms with van der Waals surface area (Å²) in [5, 5.41) is 19.1. The van der Waals surface area contributed by atoms with Gasteiger partial charge in [0.1, 0.15) is 5.75 Å². The summed E-state index contributed by atoms with van der Waals surface area (Å²) >= 11 is 0. The highest BCUT2D eigenvalue weighted by Crippen LogP contribution is 2.35. The van der Waals surface area contributed by atoms with E-state index in [0.717, 1.165) is 36.4 Å². The van der Waals surface area contributed by atoms with E-state index in [2.05, 4.69) is 11.0 Å². The first-order valence-electron chi connectivity index (χ1n) is 6.13. The van der Waals surface area contributed by atoms with Gasteiger partial charge in [-0.1, -0.05) is 6.07 Å². The molecule has 90 valence electrons. The fourth-order valence-corrected chi connectivity index (χ4v) is 2.65. The number of β-amino-alcohol motifs (C(OH)–C–C–N with tert-alkyl or cyclic N) is 1. The van der Waals surface area contributed by atoms with Gasteiger partial charge in [0.25, 0.3) is 0 Å². The normalized spacial score (nSPS) is 23.5. The Labute approximate surface area is 101 Å². The molecule has 2 N–H and O–H groups in total. The van der Waals surface area contributed by atoms with Gasteiger partial charge in [0.05, 0.1) is 6.10 Å². The fraction of sp³-hybridized carbons (Fsp3) is 0.500. The standard InChI is InChI=1S/C12H16BNO3/c15-9-5-7-14(8-9)11-2-1-3-12-10(11)4-6-13(16)17-12/h1-3,9,15-16H,4-8H2/t9-/m1/s1. The number of anilines is 1. The summed E-state index contributed by atoms with van der Waals surface area (Å²) in [4.78, 5) is 2.20. The smallest absolute Gasteiger partial charge is 0.522 e. The second-order valence-corrected chi connectivity index (χ2v) is 4.75. The molecule has 4 nitrogen and oxygen atoms in total. The van der Waals surface area contributed by atoms with Crippen molar-refractivity contribution >= 4 is 12.8 Å². The number of benzene rings is 1. The van der Waals surface area contributed by atoms with E-state index in [1.807, 2.05) is 12.1 Å². The van der Waals surface area contributed by atoms with Gasteiger partial charge in [0.15, 0.2) is 0 Å². The number of nitrogens with zero attached hydrogens (tertiary/aromatic N) is 1. The molecule has 0 radical (unpaired) electrons. The van der Waals surface area contributed by atoms with E-state index in [0.29, 0.717) is 12.9 Å². The van der Waals surface area contributed by atoms with Crippen LogP contribution < -0.4 is 9.55 Å². The summed E-state index contributed by atoms with van der Waals surface area (Å²) in [5.74, 6) is 0.780. The van der Waals surface area contributed by atoms with Crippen LogP contribution in [0.2, 0.25) is 6.32 Å². The SMILES string of the molecule is OB1CCc2c(cccc2N2CC[C@@H](O)C2)O1. The van der Waals surface area contributed by atoms with Gasteiger partial charge >= 0.3 is 7.12 Å². The molecule has 1 fully saturated rings. The second kappa shape index (κ2) is 4.24. The van der Waals surface area contributed by atoms with Crippen LogP contribution in [0.5, 0.6) is 5.75 Å². The summed E-state index contributed by atoms with van der Waals surface area (Å²) in [6, 6.07) is 5.91. The van der Waals surface area contributed by atoms with Gasteiger partial charge in [-0.15, -0.1) is 0 Å². The Hall–Kier alpha value is -1.20. The van der Waals surface area contributed by atoms with Crippen molar-refractivity contribution in [2.75, 3.05) is 18.0 Å². The summed E-state index contributed by atoms with van der Waals surface area (Å²) in [5.41, 5.74) is 2.30. The predicted octanol–water partition coefficient (Wildman–Crippen LogP) is 0.673. The van der Waals surface area contributed by atoms with Crippen LogP contribution in [0.4, 0.5) is 5.69 Å². The fourth-order valence-electron chi connectivity index (χ4n) is 2.65. The maximum Gasteiger partial charge on any atom is 0.522 e. The average Bonchev–Trinajstić information content (AvgIpc) is 2.74. The van der Waals surface area contributed by atoms with Crippen LogP contribution in [-0.4, -0.2) is 36.4 Å². The zero-order valence-electron chi connectivity index (χ0n) is 9.67. The van der Waals surface area contributed by atoms with Gasteiger partial charge in [0, 0.05) is 24.3 Å². The third-order valence-corrected chi connectivity index (χ3v) is 3.52. The van der Waals surface area contributed by atoms with Crippen molar-refractivity contribution in [1.82, 2.24) is 0 Å². The molecule has 0 bridgehead atoms. The Bertz CT molecular complexity index is 426. The zero-order chi connectivity index (χ0) is 11.8. The van der Waals surface area contributed by atoms with Crippen LogP contribution in [0.3, 0.4) is 0 Å². The molecule has 0 saturated carbocycles. The van der Waals surface area contributed by atoms with E-state index in [1.165, 1.54) is 0 Å². The molecule has 1 aromatic carbocycles. The van der Waals surface area contributed by atoms with Crippen molar-refractivity contribution in [3.8, 4) is 5.75 Å². The minimum absolute atomic E-state index is 0.221. The number of hydrogen-bond donors (Lipinski definition) is 2. The van der Waals surface area contributed by atoms with Gasteiger partial charge in [-0.25, -0.2) is 0 Å². The first-order valence-corrected chi connectivity index (χ1v) is 6.13. The largest absolute Gasteiger partial charge is 0.536 e. The average molecular weight is 233 g/mol. The van der Waals surface area contributed by atoms with Crippen molar-refractivity contribution in [3.63, 3.8) is 0 Å². The maximum absolute atomic E-state index is 9.59. The van der Waals surface area contributed by atoms with Crippen molar-refractivity contribution in [1.29, 1.82) is 0 Å². The quantitative estimate of drug-likeness (QED) is 0.700. The molecule has 0 spiro atoms. The summed E-state index contributed by atoms with van der Waals surface area (Å²) < 4.78 is 5.43. The third-order valence-electron chi connectivity index (χ3n) is 3.52. The molecule has 1 atom stereocenters. The Morgan fingerprint density at radius 3 is 3.06 bits per heavy atom. The molecule has 5 heteroatoms. The Morgan fingerprint density at radius 1 is 1.41 bits per heavy atom. The Balaban J connectivity index is 1.92. The Kier molecular flexibility index (Phi) is 2.72. The van der Waals surface area contributed by atoms with Crippen LogP contribution >= 0.6 is 0 Å². The second-order valence-electron chi connectivity index (χ2n) is 4.75. The number of aliphatic hydroxyl groups is 1. The molecule has 0 aromatic heterocycles. The van der Waals surface area contributed by atoms with Crippen molar-refractivity contribution in [2.24, 2.45) is 0 Å². The van der Waals surface area contributed by atoms with Gasteiger partial charge in [-0.05, 0) is 31.3 Å². The molecule has 0 amide bonds. The molecule has 1 saturated heterocycles. The van der Waals surface area contributed by atoms with E-state index >= 15 is 0 Å². The lowest BCUT2D eigenvalue weighted by atomic mass is 9.78. The van der Waals surface area contributed by atoms with Crippen LogP contribution in [0.25, 0.3) is 0 Å². The third kappa shape index (κ3) is 2.00. The highest BCUT2D eigenvalue weighted by Gasteiger charge is 2.28. The summed E-state index contributed by atoms with van der Waals surface area (Å²) in [6.07, 6.45) is 2.08. The van der Waals surface area contributed by atoms with Crippen molar-refractivity contribution in [2.45, 2.75) is 25.3 Å². The molecule has 2 aliphatic rings. The minimum Gasteiger partial charge on any atom is -0.536 e. The molecule has 3 rings (SSSR count). The Morgan fingerprint density at radius 2 is 2.29 bits per heavy atom. The molecule has 2 heterocycles. The highest BCUT2D eigenvalue weighted by molar-refractivity contribution is 6.44. The number of rotatable bonds is 1. The highest BCUT2D eigenvalue weighted by atomic mass is 16.5. The van der Waals surface area contributed by atoms with Crippen molar-refractivity contribution < 1.29 is 14.8 Å². The minimum atomic E-state index is -0.679. The lowest BCUT2D eigenvalue weighted by molar-refractivity contribution is 0.198. The lowest BCUT2D eigenvalue weighted by Crippen LogP contribution is -2.29. The molecule has 0 unspecified atom stereocenters. The van der Waals surface area contributed by atoms with Gasteiger partial charge in [-0.2, -0.15) is 0 Å². The topological polar surface area (TPSA) is 52.9 Å². The summed E-state index contributed by atoms with van der Waals surface area (Å²) in [7, 11) is -0.679. The van der Waals surface area contributed by atoms with Crippen LogP contribution in [0, 0.1) is 0 Å². The van der Waals surface area contributed by atoms with E-state index in [-0.39, 0.29) is 6.10 Å². The van der Waals surface area contributed by atoms with E-state index in [9.17, 15) is 10.1 Å². The summed E-state index contributed by atoms with van der Waals surface area (Å²) in [6.45, 7) is 1.58. The zero-order valence-corrected chi connectivity index (χ0v) is 9.67. The lowest BCUT2D eigenvalue weighted by Gasteiger charge is -2.27. The van der Waals surface area contributed by atoms with E-state index < -0.39 is 7.12 Å². The molecule has 1 aromatic rings. The molecular formula is C12H16BNO3. The first kappa shape index (κ1) is 10.9. The number of fused-ring (bicyclic) bond motifs is 1. The van der Waals surface area contributed by atoms with Crippen LogP contribution in [-0.2, 0) is 6.42 Å². The molecule has 2 aliphatic heterocycles. The maximum atomic E-state index is 9.59.